The molecule has 0 fully saturated rings. The van der Waals surface area contributed by atoms with Crippen LogP contribution in [-0.2, 0) is 17.7 Å². The molecule has 1 amide bonds. The molecule has 1 aliphatic rings. The molecule has 0 saturated heterocycles. The number of rotatable bonds is 2. The van der Waals surface area contributed by atoms with Gasteiger partial charge in [-0.25, -0.2) is 4.79 Å². The van der Waals surface area contributed by atoms with Crippen molar-refractivity contribution in [2.45, 2.75) is 39.3 Å². The van der Waals surface area contributed by atoms with E-state index in [4.69, 9.17) is 4.74 Å². The van der Waals surface area contributed by atoms with E-state index in [-0.39, 0.29) is 0 Å². The summed E-state index contributed by atoms with van der Waals surface area (Å²) < 4.78 is 5.41. The lowest BCUT2D eigenvalue weighted by molar-refractivity contribution is 0.0635. The largest absolute Gasteiger partial charge is 0.444 e. The van der Waals surface area contributed by atoms with Crippen LogP contribution >= 0.6 is 0 Å². The van der Waals surface area contributed by atoms with Crippen molar-refractivity contribution in [3.8, 4) is 11.1 Å². The maximum Gasteiger partial charge on any atom is 0.412 e. The highest BCUT2D eigenvalue weighted by Crippen LogP contribution is 2.34. The van der Waals surface area contributed by atoms with Gasteiger partial charge in [0.15, 0.2) is 0 Å². The number of fused-ring (bicyclic) bond motifs is 1. The molecule has 0 atom stereocenters. The minimum Gasteiger partial charge on any atom is -0.444 e. The molecular formula is C21H26N2O2. The first kappa shape index (κ1) is 17.5. The number of likely N-dealkylation sites (N-methyl/N-ethyl adjacent to an activating group) is 1. The number of carbonyl (C=O) groups excluding carboxylic acids is 1. The zero-order valence-electron chi connectivity index (χ0n) is 15.4. The number of carbonyl (C=O) groups is 1. The fourth-order valence-corrected chi connectivity index (χ4v) is 3.23. The molecule has 1 N–H and O–H groups in total. The van der Waals surface area contributed by atoms with Gasteiger partial charge < -0.3 is 9.64 Å². The van der Waals surface area contributed by atoms with Crippen LogP contribution in [0.5, 0.6) is 0 Å². The Morgan fingerprint density at radius 2 is 1.80 bits per heavy atom. The fraction of sp³-hybridized carbons (Fsp3) is 0.381. The monoisotopic (exact) mass is 338 g/mol. The normalized spacial score (nSPS) is 14.7. The molecule has 0 radical (unpaired) electrons. The van der Waals surface area contributed by atoms with E-state index in [9.17, 15) is 4.79 Å². The van der Waals surface area contributed by atoms with Gasteiger partial charge in [0.1, 0.15) is 5.60 Å². The standard InChI is InChI=1S/C21H26N2O2/c1-21(2,3)25-20(24)22-19-11-10-16(15-8-6-5-7-9-15)17-12-13-23(4)14-18(17)19/h5-11H,12-14H2,1-4H3,(H,22,24). The second-order valence-electron chi connectivity index (χ2n) is 7.60. The lowest BCUT2D eigenvalue weighted by atomic mass is 9.89. The third kappa shape index (κ3) is 4.20. The van der Waals surface area contributed by atoms with Gasteiger partial charge in [-0.15, -0.1) is 0 Å². The molecule has 4 nitrogen and oxygen atoms in total. The van der Waals surface area contributed by atoms with Gasteiger partial charge in [-0.1, -0.05) is 36.4 Å². The number of hydrogen-bond acceptors (Lipinski definition) is 3. The van der Waals surface area contributed by atoms with Crippen molar-refractivity contribution in [1.82, 2.24) is 4.90 Å². The summed E-state index contributed by atoms with van der Waals surface area (Å²) >= 11 is 0. The number of nitrogens with one attached hydrogen (secondary N) is 1. The van der Waals surface area contributed by atoms with Crippen molar-refractivity contribution in [1.29, 1.82) is 0 Å². The van der Waals surface area contributed by atoms with Crippen molar-refractivity contribution < 1.29 is 9.53 Å². The molecular weight excluding hydrogens is 312 g/mol. The number of amides is 1. The Kier molecular flexibility index (Phi) is 4.82. The molecule has 0 aromatic heterocycles. The average molecular weight is 338 g/mol. The van der Waals surface area contributed by atoms with Gasteiger partial charge in [0.2, 0.25) is 0 Å². The molecule has 1 aliphatic heterocycles. The van der Waals surface area contributed by atoms with Gasteiger partial charge in [0, 0.05) is 18.8 Å². The molecule has 2 aromatic carbocycles. The van der Waals surface area contributed by atoms with E-state index in [2.05, 4.69) is 47.6 Å². The Bertz CT molecular complexity index is 763. The van der Waals surface area contributed by atoms with Gasteiger partial charge in [-0.2, -0.15) is 0 Å². The highest BCUT2D eigenvalue weighted by Gasteiger charge is 2.23. The van der Waals surface area contributed by atoms with Crippen LogP contribution in [0.3, 0.4) is 0 Å². The minimum absolute atomic E-state index is 0.407. The van der Waals surface area contributed by atoms with E-state index in [1.54, 1.807) is 0 Å². The Morgan fingerprint density at radius 1 is 1.08 bits per heavy atom. The highest BCUT2D eigenvalue weighted by atomic mass is 16.6. The summed E-state index contributed by atoms with van der Waals surface area (Å²) in [5, 5.41) is 2.94. The number of nitrogens with zero attached hydrogens (tertiary/aromatic N) is 1. The number of anilines is 1. The van der Waals surface area contributed by atoms with Crippen molar-refractivity contribution in [3.63, 3.8) is 0 Å². The molecule has 3 rings (SSSR count). The molecule has 0 spiro atoms. The summed E-state index contributed by atoms with van der Waals surface area (Å²) in [5.41, 5.74) is 5.30. The highest BCUT2D eigenvalue weighted by molar-refractivity contribution is 5.87. The van der Waals surface area contributed by atoms with Crippen LogP contribution in [0.15, 0.2) is 42.5 Å². The maximum absolute atomic E-state index is 12.2. The molecule has 1 heterocycles. The zero-order chi connectivity index (χ0) is 18.0. The van der Waals surface area contributed by atoms with Crippen molar-refractivity contribution >= 4 is 11.8 Å². The first-order chi connectivity index (χ1) is 11.8. The minimum atomic E-state index is -0.509. The molecule has 0 saturated carbocycles. The smallest absolute Gasteiger partial charge is 0.412 e. The maximum atomic E-state index is 12.2. The van der Waals surface area contributed by atoms with Crippen LogP contribution in [-0.4, -0.2) is 30.2 Å². The summed E-state index contributed by atoms with van der Waals surface area (Å²) in [5.74, 6) is 0. The van der Waals surface area contributed by atoms with Crippen molar-refractivity contribution in [2.75, 3.05) is 18.9 Å². The zero-order valence-corrected chi connectivity index (χ0v) is 15.4. The Balaban J connectivity index is 1.97. The molecule has 2 aromatic rings. The van der Waals surface area contributed by atoms with Crippen LogP contribution in [0.4, 0.5) is 10.5 Å². The van der Waals surface area contributed by atoms with Crippen molar-refractivity contribution in [2.24, 2.45) is 0 Å². The summed E-state index contributed by atoms with van der Waals surface area (Å²) in [4.78, 5) is 14.5. The van der Waals surface area contributed by atoms with Gasteiger partial charge in [-0.05, 0) is 62.6 Å². The van der Waals surface area contributed by atoms with Crippen LogP contribution in [0, 0.1) is 0 Å². The van der Waals surface area contributed by atoms with E-state index in [0.29, 0.717) is 0 Å². The molecule has 132 valence electrons. The van der Waals surface area contributed by atoms with Crippen LogP contribution in [0.2, 0.25) is 0 Å². The van der Waals surface area contributed by atoms with Gasteiger partial charge in [-0.3, -0.25) is 5.32 Å². The van der Waals surface area contributed by atoms with E-state index < -0.39 is 11.7 Å². The summed E-state index contributed by atoms with van der Waals surface area (Å²) in [6.45, 7) is 7.45. The summed E-state index contributed by atoms with van der Waals surface area (Å²) in [7, 11) is 2.11. The first-order valence-electron chi connectivity index (χ1n) is 8.72. The molecule has 0 aliphatic carbocycles. The second kappa shape index (κ2) is 6.89. The lowest BCUT2D eigenvalue weighted by Gasteiger charge is -2.29. The average Bonchev–Trinajstić information content (AvgIpc) is 2.54. The van der Waals surface area contributed by atoms with E-state index in [1.165, 1.54) is 22.3 Å². The Hall–Kier alpha value is -2.33. The summed E-state index contributed by atoms with van der Waals surface area (Å²) in [6.07, 6.45) is 0.565. The third-order valence-corrected chi connectivity index (χ3v) is 4.32. The second-order valence-corrected chi connectivity index (χ2v) is 7.60. The van der Waals surface area contributed by atoms with E-state index in [1.807, 2.05) is 32.9 Å². The molecule has 25 heavy (non-hydrogen) atoms. The SMILES string of the molecule is CN1CCc2c(-c3ccccc3)ccc(NC(=O)OC(C)(C)C)c2C1. The number of ether oxygens (including phenoxy) is 1. The number of benzene rings is 2. The predicted molar refractivity (Wildman–Crippen MR) is 102 cm³/mol. The Labute approximate surface area is 149 Å². The van der Waals surface area contributed by atoms with Gasteiger partial charge >= 0.3 is 6.09 Å². The summed E-state index contributed by atoms with van der Waals surface area (Å²) in [6, 6.07) is 14.5. The lowest BCUT2D eigenvalue weighted by Crippen LogP contribution is -2.30. The molecule has 4 heteroatoms. The van der Waals surface area contributed by atoms with Crippen molar-refractivity contribution in [3.05, 3.63) is 53.6 Å². The molecule has 0 bridgehead atoms. The fourth-order valence-electron chi connectivity index (χ4n) is 3.23. The van der Waals surface area contributed by atoms with Gasteiger partial charge in [0.25, 0.3) is 0 Å². The topological polar surface area (TPSA) is 41.6 Å². The molecule has 0 unspecified atom stereocenters. The third-order valence-electron chi connectivity index (χ3n) is 4.32. The number of hydrogen-bond donors (Lipinski definition) is 1. The Morgan fingerprint density at radius 3 is 2.48 bits per heavy atom. The van der Waals surface area contributed by atoms with Gasteiger partial charge in [0.05, 0.1) is 0 Å². The first-order valence-corrected chi connectivity index (χ1v) is 8.72. The van der Waals surface area contributed by atoms with Crippen LogP contribution in [0.25, 0.3) is 11.1 Å². The van der Waals surface area contributed by atoms with E-state index >= 15 is 0 Å². The quantitative estimate of drug-likeness (QED) is 0.864. The van der Waals surface area contributed by atoms with Crippen LogP contribution < -0.4 is 5.32 Å². The van der Waals surface area contributed by atoms with Crippen LogP contribution in [0.1, 0.15) is 31.9 Å². The predicted octanol–water partition coefficient (Wildman–Crippen LogP) is 4.69. The van der Waals surface area contributed by atoms with E-state index in [0.717, 1.165) is 25.2 Å².